The van der Waals surface area contributed by atoms with Gasteiger partial charge in [0.25, 0.3) is 5.69 Å². The quantitative estimate of drug-likeness (QED) is 0.471. The van der Waals surface area contributed by atoms with E-state index in [2.05, 4.69) is 0 Å². The van der Waals surface area contributed by atoms with E-state index < -0.39 is 16.7 Å². The van der Waals surface area contributed by atoms with E-state index in [0.29, 0.717) is 5.56 Å². The molecule has 0 N–H and O–H groups in total. The summed E-state index contributed by atoms with van der Waals surface area (Å²) in [5.41, 5.74) is 0.185. The first-order valence-corrected chi connectivity index (χ1v) is 6.73. The lowest BCUT2D eigenvalue weighted by Gasteiger charge is -2.08. The predicted molar refractivity (Wildman–Crippen MR) is 80.2 cm³/mol. The summed E-state index contributed by atoms with van der Waals surface area (Å²) in [6.45, 7) is -0.174. The second-order valence-corrected chi connectivity index (χ2v) is 4.87. The average molecular weight is 340 g/mol. The van der Waals surface area contributed by atoms with Crippen LogP contribution < -0.4 is 4.74 Å². The molecule has 0 unspecified atom stereocenters. The lowest BCUT2D eigenvalue weighted by atomic mass is 10.2. The third kappa shape index (κ3) is 3.95. The zero-order valence-corrected chi connectivity index (χ0v) is 12.7. The molecule has 0 aliphatic rings. The van der Waals surface area contributed by atoms with Gasteiger partial charge in [-0.1, -0.05) is 17.7 Å². The van der Waals surface area contributed by atoms with Crippen LogP contribution in [0.25, 0.3) is 0 Å². The van der Waals surface area contributed by atoms with Gasteiger partial charge in [-0.15, -0.1) is 0 Å². The van der Waals surface area contributed by atoms with E-state index in [1.54, 1.807) is 6.07 Å². The third-order valence-electron chi connectivity index (χ3n) is 2.97. The van der Waals surface area contributed by atoms with Crippen LogP contribution in [0.4, 0.5) is 10.1 Å². The van der Waals surface area contributed by atoms with Gasteiger partial charge in [-0.25, -0.2) is 9.18 Å². The number of methoxy groups -OCH3 is 1. The van der Waals surface area contributed by atoms with E-state index in [0.717, 1.165) is 12.1 Å². The van der Waals surface area contributed by atoms with Gasteiger partial charge in [0.1, 0.15) is 6.61 Å². The highest BCUT2D eigenvalue weighted by atomic mass is 35.5. The third-order valence-corrected chi connectivity index (χ3v) is 3.28. The predicted octanol–water partition coefficient (Wildman–Crippen LogP) is 3.75. The van der Waals surface area contributed by atoms with Crippen molar-refractivity contribution in [3.05, 3.63) is 68.5 Å². The number of rotatable bonds is 5. The van der Waals surface area contributed by atoms with Crippen molar-refractivity contribution in [2.75, 3.05) is 7.11 Å². The van der Waals surface area contributed by atoms with Crippen molar-refractivity contribution in [1.29, 1.82) is 0 Å². The molecule has 0 radical (unpaired) electrons. The Hall–Kier alpha value is -2.67. The van der Waals surface area contributed by atoms with Crippen molar-refractivity contribution in [2.45, 2.75) is 6.61 Å². The van der Waals surface area contributed by atoms with Crippen molar-refractivity contribution < 1.29 is 23.6 Å². The summed E-state index contributed by atoms with van der Waals surface area (Å²) in [7, 11) is 1.34. The molecule has 0 saturated carbocycles. The molecule has 2 aromatic carbocycles. The molecule has 0 saturated heterocycles. The molecule has 2 rings (SSSR count). The summed E-state index contributed by atoms with van der Waals surface area (Å²) in [6.07, 6.45) is 0. The minimum atomic E-state index is -0.763. The van der Waals surface area contributed by atoms with Crippen LogP contribution in [0.1, 0.15) is 15.9 Å². The Bertz CT molecular complexity index is 766. The van der Waals surface area contributed by atoms with Gasteiger partial charge in [0.2, 0.25) is 0 Å². The van der Waals surface area contributed by atoms with Crippen molar-refractivity contribution >= 4 is 23.3 Å². The highest BCUT2D eigenvalue weighted by Gasteiger charge is 2.16. The fourth-order valence-electron chi connectivity index (χ4n) is 1.81. The van der Waals surface area contributed by atoms with E-state index in [9.17, 15) is 19.3 Å². The van der Waals surface area contributed by atoms with Crippen LogP contribution in [0.3, 0.4) is 0 Å². The highest BCUT2D eigenvalue weighted by molar-refractivity contribution is 6.33. The van der Waals surface area contributed by atoms with Gasteiger partial charge >= 0.3 is 5.97 Å². The van der Waals surface area contributed by atoms with Crippen LogP contribution >= 0.6 is 11.6 Å². The molecule has 23 heavy (non-hydrogen) atoms. The van der Waals surface area contributed by atoms with Crippen molar-refractivity contribution in [3.63, 3.8) is 0 Å². The standard InChI is InChI=1S/C15H11ClFNO5/c1-22-14-5-2-9(6-13(14)17)8-23-15(19)11-4-3-10(18(20)21)7-12(11)16/h2-7H,8H2,1H3. The van der Waals surface area contributed by atoms with Gasteiger partial charge < -0.3 is 9.47 Å². The minimum Gasteiger partial charge on any atom is -0.494 e. The van der Waals surface area contributed by atoms with Gasteiger partial charge in [0.15, 0.2) is 11.6 Å². The molecular weight excluding hydrogens is 329 g/mol. The molecule has 0 amide bonds. The first-order chi connectivity index (χ1) is 10.9. The van der Waals surface area contributed by atoms with Gasteiger partial charge in [0, 0.05) is 12.1 Å². The molecule has 0 heterocycles. The normalized spacial score (nSPS) is 10.2. The molecule has 0 aromatic heterocycles. The Morgan fingerprint density at radius 2 is 2.04 bits per heavy atom. The number of non-ortho nitro benzene ring substituents is 1. The van der Waals surface area contributed by atoms with Crippen molar-refractivity contribution in [3.8, 4) is 5.75 Å². The number of carbonyl (C=O) groups excluding carboxylic acids is 1. The number of hydrogen-bond acceptors (Lipinski definition) is 5. The summed E-state index contributed by atoms with van der Waals surface area (Å²) >= 11 is 5.83. The topological polar surface area (TPSA) is 78.7 Å². The highest BCUT2D eigenvalue weighted by Crippen LogP contribution is 2.24. The summed E-state index contributed by atoms with van der Waals surface area (Å²) < 4.78 is 23.3. The molecule has 0 aliphatic carbocycles. The van der Waals surface area contributed by atoms with Crippen LogP contribution in [0, 0.1) is 15.9 Å². The summed E-state index contributed by atoms with van der Waals surface area (Å²) in [4.78, 5) is 21.9. The average Bonchev–Trinajstić information content (AvgIpc) is 2.52. The second-order valence-electron chi connectivity index (χ2n) is 4.47. The molecular formula is C15H11ClFNO5. The lowest BCUT2D eigenvalue weighted by Crippen LogP contribution is -2.06. The fraction of sp³-hybridized carbons (Fsp3) is 0.133. The smallest absolute Gasteiger partial charge is 0.339 e. The number of carbonyl (C=O) groups is 1. The zero-order chi connectivity index (χ0) is 17.0. The fourth-order valence-corrected chi connectivity index (χ4v) is 2.06. The largest absolute Gasteiger partial charge is 0.494 e. The number of esters is 1. The molecule has 0 fully saturated rings. The minimum absolute atomic E-state index is 0.00810. The number of ether oxygens (including phenoxy) is 2. The van der Waals surface area contributed by atoms with Gasteiger partial charge in [-0.2, -0.15) is 0 Å². The number of benzene rings is 2. The van der Waals surface area contributed by atoms with Gasteiger partial charge in [-0.05, 0) is 23.8 Å². The van der Waals surface area contributed by atoms with E-state index in [4.69, 9.17) is 21.1 Å². The van der Waals surface area contributed by atoms with Crippen molar-refractivity contribution in [2.24, 2.45) is 0 Å². The Morgan fingerprint density at radius 3 is 2.61 bits per heavy atom. The molecule has 0 bridgehead atoms. The Labute approximate surface area is 135 Å². The molecule has 6 nitrogen and oxygen atoms in total. The van der Waals surface area contributed by atoms with Crippen LogP contribution in [-0.2, 0) is 11.3 Å². The van der Waals surface area contributed by atoms with Crippen molar-refractivity contribution in [1.82, 2.24) is 0 Å². The molecule has 0 aliphatic heterocycles. The Morgan fingerprint density at radius 1 is 1.30 bits per heavy atom. The number of hydrogen-bond donors (Lipinski definition) is 0. The molecule has 0 spiro atoms. The van der Waals surface area contributed by atoms with E-state index >= 15 is 0 Å². The summed E-state index contributed by atoms with van der Waals surface area (Å²) in [6, 6.07) is 7.56. The van der Waals surface area contributed by atoms with E-state index in [1.165, 1.54) is 25.3 Å². The summed E-state index contributed by atoms with van der Waals surface area (Å²) in [5, 5.41) is 10.5. The lowest BCUT2D eigenvalue weighted by molar-refractivity contribution is -0.384. The monoisotopic (exact) mass is 339 g/mol. The maximum atomic E-state index is 13.5. The SMILES string of the molecule is COc1ccc(COC(=O)c2ccc([N+](=O)[O-])cc2Cl)cc1F. The zero-order valence-electron chi connectivity index (χ0n) is 11.9. The summed E-state index contributed by atoms with van der Waals surface area (Å²) in [5.74, 6) is -1.26. The maximum absolute atomic E-state index is 13.5. The van der Waals surface area contributed by atoms with E-state index in [1.807, 2.05) is 0 Å². The Balaban J connectivity index is 2.08. The number of halogens is 2. The maximum Gasteiger partial charge on any atom is 0.339 e. The second kappa shape index (κ2) is 7.06. The molecule has 120 valence electrons. The molecule has 2 aromatic rings. The van der Waals surface area contributed by atoms with Gasteiger partial charge in [-0.3, -0.25) is 10.1 Å². The number of nitro benzene ring substituents is 1. The van der Waals surface area contributed by atoms with Crippen LogP contribution in [0.15, 0.2) is 36.4 Å². The van der Waals surface area contributed by atoms with Crippen LogP contribution in [-0.4, -0.2) is 18.0 Å². The Kier molecular flexibility index (Phi) is 5.13. The molecule has 8 heteroatoms. The van der Waals surface area contributed by atoms with E-state index in [-0.39, 0.29) is 28.6 Å². The molecule has 0 atom stereocenters. The van der Waals surface area contributed by atoms with Crippen LogP contribution in [0.5, 0.6) is 5.75 Å². The number of nitrogens with zero attached hydrogens (tertiary/aromatic N) is 1. The van der Waals surface area contributed by atoms with Crippen LogP contribution in [0.2, 0.25) is 5.02 Å². The van der Waals surface area contributed by atoms with Gasteiger partial charge in [0.05, 0.1) is 22.6 Å². The first-order valence-electron chi connectivity index (χ1n) is 6.36. The first kappa shape index (κ1) is 16.7. The number of nitro groups is 1.